The predicted molar refractivity (Wildman–Crippen MR) is 51.4 cm³/mol. The van der Waals surface area contributed by atoms with Gasteiger partial charge in [-0.05, 0) is 6.07 Å². The van der Waals surface area contributed by atoms with E-state index in [1.54, 1.807) is 24.3 Å². The van der Waals surface area contributed by atoms with Gasteiger partial charge >= 0.3 is 5.97 Å². The first-order valence-corrected chi connectivity index (χ1v) is 4.44. The fourth-order valence-corrected chi connectivity index (χ4v) is 1.04. The van der Waals surface area contributed by atoms with E-state index in [9.17, 15) is 4.79 Å². The van der Waals surface area contributed by atoms with E-state index in [4.69, 9.17) is 15.1 Å². The maximum absolute atomic E-state index is 10.5. The van der Waals surface area contributed by atoms with Crippen LogP contribution in [0.1, 0.15) is 5.56 Å². The van der Waals surface area contributed by atoms with Gasteiger partial charge in [-0.1, -0.05) is 18.2 Å². The molecule has 1 rings (SSSR count). The molecule has 0 atom stereocenters. The maximum Gasteiger partial charge on any atom is 0.307 e. The van der Waals surface area contributed by atoms with Crippen LogP contribution in [0.4, 0.5) is 0 Å². The van der Waals surface area contributed by atoms with Crippen molar-refractivity contribution in [3.05, 3.63) is 29.8 Å². The highest BCUT2D eigenvalue weighted by Gasteiger charge is 2.07. The number of carbonyl (C=O) groups is 1. The fourth-order valence-electron chi connectivity index (χ4n) is 1.04. The van der Waals surface area contributed by atoms with Gasteiger partial charge < -0.3 is 15.1 Å². The number of hydrogen-bond donors (Lipinski definition) is 2. The van der Waals surface area contributed by atoms with Crippen LogP contribution in [0.3, 0.4) is 0 Å². The molecule has 5 nitrogen and oxygen atoms in total. The lowest BCUT2D eigenvalue weighted by Crippen LogP contribution is -2.06. The summed E-state index contributed by atoms with van der Waals surface area (Å²) in [6.07, 6.45) is -0.126. The molecule has 0 spiro atoms. The van der Waals surface area contributed by atoms with Crippen molar-refractivity contribution in [1.82, 2.24) is 0 Å². The van der Waals surface area contributed by atoms with Gasteiger partial charge in [0.05, 0.1) is 13.0 Å². The van der Waals surface area contributed by atoms with Crippen LogP contribution >= 0.6 is 0 Å². The minimum absolute atomic E-state index is 0.0431. The zero-order valence-corrected chi connectivity index (χ0v) is 8.05. The van der Waals surface area contributed by atoms with Crippen LogP contribution in [0.5, 0.6) is 5.75 Å². The highest BCUT2D eigenvalue weighted by molar-refractivity contribution is 5.71. The molecule has 0 aliphatic carbocycles. The predicted octanol–water partition coefficient (Wildman–Crippen LogP) is 0.616. The number of aliphatic carboxylic acids is 1. The molecule has 82 valence electrons. The lowest BCUT2D eigenvalue weighted by Gasteiger charge is -2.07. The van der Waals surface area contributed by atoms with Gasteiger partial charge in [-0.3, -0.25) is 4.79 Å². The molecular formula is C10H12O5. The summed E-state index contributed by atoms with van der Waals surface area (Å²) < 4.78 is 0. The summed E-state index contributed by atoms with van der Waals surface area (Å²) in [5.41, 5.74) is 0.530. The summed E-state index contributed by atoms with van der Waals surface area (Å²) in [6.45, 7) is -0.109. The van der Waals surface area contributed by atoms with Crippen molar-refractivity contribution in [3.63, 3.8) is 0 Å². The monoisotopic (exact) mass is 212 g/mol. The van der Waals surface area contributed by atoms with E-state index >= 15 is 0 Å². The Balaban J connectivity index is 2.64. The minimum Gasteiger partial charge on any atom is -0.481 e. The molecule has 2 N–H and O–H groups in total. The molecule has 0 bridgehead atoms. The molecule has 15 heavy (non-hydrogen) atoms. The lowest BCUT2D eigenvalue weighted by molar-refractivity contribution is -0.212. The Bertz CT molecular complexity index is 323. The molecular weight excluding hydrogens is 200 g/mol. The second-order valence-electron chi connectivity index (χ2n) is 2.81. The van der Waals surface area contributed by atoms with Crippen LogP contribution in [0.15, 0.2) is 24.3 Å². The lowest BCUT2D eigenvalue weighted by atomic mass is 10.1. The van der Waals surface area contributed by atoms with E-state index in [-0.39, 0.29) is 19.6 Å². The van der Waals surface area contributed by atoms with E-state index in [0.29, 0.717) is 11.3 Å². The van der Waals surface area contributed by atoms with Gasteiger partial charge in [-0.15, -0.1) is 0 Å². The van der Waals surface area contributed by atoms with Crippen LogP contribution in [-0.2, 0) is 16.1 Å². The van der Waals surface area contributed by atoms with Crippen LogP contribution in [0.25, 0.3) is 0 Å². The molecule has 5 heteroatoms. The number of aliphatic hydroxyl groups excluding tert-OH is 1. The van der Waals surface area contributed by atoms with Crippen LogP contribution in [-0.4, -0.2) is 29.4 Å². The summed E-state index contributed by atoms with van der Waals surface area (Å²) in [4.78, 5) is 20.0. The Morgan fingerprint density at radius 1 is 1.33 bits per heavy atom. The Kier molecular flexibility index (Phi) is 4.59. The average molecular weight is 212 g/mol. The summed E-state index contributed by atoms with van der Waals surface area (Å²) >= 11 is 0. The molecule has 0 aliphatic rings. The molecule has 1 aromatic rings. The fraction of sp³-hybridized carbons (Fsp3) is 0.300. The largest absolute Gasteiger partial charge is 0.481 e. The Morgan fingerprint density at radius 2 is 2.07 bits per heavy atom. The van der Waals surface area contributed by atoms with Gasteiger partial charge in [0.15, 0.2) is 5.75 Å². The standard InChI is InChI=1S/C10H12O5/c11-5-6-14-15-9-4-2-1-3-8(9)7-10(12)13/h1-4,11H,5-7H2,(H,12,13). The third-order valence-electron chi connectivity index (χ3n) is 1.64. The SMILES string of the molecule is O=C(O)Cc1ccccc1OOCCO. The van der Waals surface area contributed by atoms with Gasteiger partial charge in [0.2, 0.25) is 0 Å². The first-order valence-electron chi connectivity index (χ1n) is 4.44. The molecule has 0 aliphatic heterocycles. The Labute approximate surface area is 86.8 Å². The van der Waals surface area contributed by atoms with Crippen molar-refractivity contribution in [1.29, 1.82) is 0 Å². The number of carboxylic acid groups (broad SMARTS) is 1. The van der Waals surface area contributed by atoms with Crippen LogP contribution in [0, 0.1) is 0 Å². The number of aliphatic hydroxyl groups is 1. The van der Waals surface area contributed by atoms with Crippen molar-refractivity contribution >= 4 is 5.97 Å². The van der Waals surface area contributed by atoms with Crippen molar-refractivity contribution in [2.24, 2.45) is 0 Å². The van der Waals surface area contributed by atoms with Crippen molar-refractivity contribution in [2.75, 3.05) is 13.2 Å². The third kappa shape index (κ3) is 3.97. The summed E-state index contributed by atoms with van der Waals surface area (Å²) in [7, 11) is 0. The highest BCUT2D eigenvalue weighted by atomic mass is 17.2. The molecule has 0 aromatic heterocycles. The van der Waals surface area contributed by atoms with Crippen molar-refractivity contribution in [3.8, 4) is 5.75 Å². The molecule has 0 unspecified atom stereocenters. The van der Waals surface area contributed by atoms with Crippen LogP contribution < -0.4 is 4.89 Å². The average Bonchev–Trinajstić information content (AvgIpc) is 2.20. The van der Waals surface area contributed by atoms with E-state index < -0.39 is 5.97 Å². The van der Waals surface area contributed by atoms with Crippen molar-refractivity contribution < 1.29 is 24.8 Å². The summed E-state index contributed by atoms with van der Waals surface area (Å²) in [5, 5.41) is 17.1. The molecule has 0 heterocycles. The minimum atomic E-state index is -0.937. The molecule has 1 aromatic carbocycles. The number of benzene rings is 1. The number of rotatable bonds is 6. The quantitative estimate of drug-likeness (QED) is 0.410. The van der Waals surface area contributed by atoms with Crippen LogP contribution in [0.2, 0.25) is 0 Å². The number of hydrogen-bond acceptors (Lipinski definition) is 4. The van der Waals surface area contributed by atoms with Crippen molar-refractivity contribution in [2.45, 2.75) is 6.42 Å². The molecule has 0 saturated heterocycles. The third-order valence-corrected chi connectivity index (χ3v) is 1.64. The topological polar surface area (TPSA) is 76.0 Å². The normalized spacial score (nSPS) is 9.93. The zero-order valence-electron chi connectivity index (χ0n) is 8.05. The second kappa shape index (κ2) is 6.00. The molecule has 0 amide bonds. The highest BCUT2D eigenvalue weighted by Crippen LogP contribution is 2.18. The first kappa shape index (κ1) is 11.5. The second-order valence-corrected chi connectivity index (χ2v) is 2.81. The number of carboxylic acids is 1. The maximum atomic E-state index is 10.5. The van der Waals surface area contributed by atoms with Gasteiger partial charge in [0, 0.05) is 5.56 Å². The van der Waals surface area contributed by atoms with E-state index in [1.807, 2.05) is 0 Å². The molecule has 0 fully saturated rings. The van der Waals surface area contributed by atoms with Gasteiger partial charge in [-0.2, -0.15) is 4.89 Å². The first-order chi connectivity index (χ1) is 7.24. The van der Waals surface area contributed by atoms with E-state index in [1.165, 1.54) is 0 Å². The smallest absolute Gasteiger partial charge is 0.307 e. The Hall–Kier alpha value is -1.59. The van der Waals surface area contributed by atoms with Gasteiger partial charge in [0.25, 0.3) is 0 Å². The van der Waals surface area contributed by atoms with E-state index in [0.717, 1.165) is 0 Å². The van der Waals surface area contributed by atoms with Gasteiger partial charge in [-0.25, -0.2) is 0 Å². The summed E-state index contributed by atoms with van der Waals surface area (Å²) in [6, 6.07) is 6.68. The molecule has 0 saturated carbocycles. The van der Waals surface area contributed by atoms with E-state index in [2.05, 4.69) is 4.89 Å². The zero-order chi connectivity index (χ0) is 11.1. The summed E-state index contributed by atoms with van der Waals surface area (Å²) in [5.74, 6) is -0.582. The van der Waals surface area contributed by atoms with Gasteiger partial charge in [0.1, 0.15) is 6.61 Å². The molecule has 0 radical (unpaired) electrons. The number of para-hydroxylation sites is 1. The Morgan fingerprint density at radius 3 is 2.73 bits per heavy atom.